The van der Waals surface area contributed by atoms with E-state index in [1.807, 2.05) is 59.3 Å². The Morgan fingerprint density at radius 3 is 2.69 bits per heavy atom. The minimum absolute atomic E-state index is 0.104. The van der Waals surface area contributed by atoms with Crippen molar-refractivity contribution in [2.45, 2.75) is 20.3 Å². The van der Waals surface area contributed by atoms with E-state index in [9.17, 15) is 4.79 Å². The Morgan fingerprint density at radius 2 is 1.97 bits per heavy atom. The molecule has 0 saturated heterocycles. The molecule has 4 aromatic rings. The van der Waals surface area contributed by atoms with E-state index < -0.39 is 0 Å². The lowest BCUT2D eigenvalue weighted by Gasteiger charge is -2.08. The van der Waals surface area contributed by atoms with Crippen molar-refractivity contribution < 1.29 is 4.74 Å². The Bertz CT molecular complexity index is 1170. The molecule has 4 nitrogen and oxygen atoms in total. The number of hydrogen-bond donors (Lipinski definition) is 1. The molecular weight excluding hydrogens is 400 g/mol. The van der Waals surface area contributed by atoms with Crippen LogP contribution in [0.3, 0.4) is 0 Å². The highest BCUT2D eigenvalue weighted by Gasteiger charge is 2.12. The van der Waals surface area contributed by atoms with Gasteiger partial charge in [-0.1, -0.05) is 38.1 Å². The van der Waals surface area contributed by atoms with E-state index in [1.54, 1.807) is 11.3 Å². The third-order valence-corrected chi connectivity index (χ3v) is 6.30. The topological polar surface area (TPSA) is 55.0 Å². The zero-order valence-corrected chi connectivity index (χ0v) is 18.0. The Morgan fingerprint density at radius 1 is 1.14 bits per heavy atom. The van der Waals surface area contributed by atoms with Crippen LogP contribution in [-0.4, -0.2) is 16.6 Å². The van der Waals surface area contributed by atoms with Crippen molar-refractivity contribution in [3.63, 3.8) is 0 Å². The van der Waals surface area contributed by atoms with E-state index >= 15 is 0 Å². The van der Waals surface area contributed by atoms with Gasteiger partial charge < -0.3 is 9.72 Å². The van der Waals surface area contributed by atoms with Gasteiger partial charge in [-0.3, -0.25) is 4.79 Å². The first-order valence-corrected chi connectivity index (χ1v) is 11.3. The van der Waals surface area contributed by atoms with Gasteiger partial charge in [0.2, 0.25) is 0 Å². The summed E-state index contributed by atoms with van der Waals surface area (Å²) in [5.41, 5.74) is 1.87. The Hall–Kier alpha value is -2.70. The molecule has 0 saturated carbocycles. The molecule has 0 amide bonds. The van der Waals surface area contributed by atoms with Crippen LogP contribution >= 0.6 is 22.7 Å². The maximum absolute atomic E-state index is 12.6. The number of aromatic nitrogens is 2. The van der Waals surface area contributed by atoms with Gasteiger partial charge in [-0.25, -0.2) is 4.98 Å². The van der Waals surface area contributed by atoms with E-state index in [0.29, 0.717) is 17.1 Å². The highest BCUT2D eigenvalue weighted by atomic mass is 32.1. The summed E-state index contributed by atoms with van der Waals surface area (Å²) in [6.07, 6.45) is 4.82. The third kappa shape index (κ3) is 4.66. The van der Waals surface area contributed by atoms with E-state index in [4.69, 9.17) is 4.74 Å². The minimum atomic E-state index is -0.104. The lowest BCUT2D eigenvalue weighted by molar-refractivity contribution is 0.289. The molecule has 0 aliphatic heterocycles. The Labute approximate surface area is 177 Å². The molecule has 148 valence electrons. The standard InChI is InChI=1S/C23H22N2O2S2/c1-15(2)11-12-27-17-8-5-16(6-9-17)7-10-20-24-22(26)21-18(14-29-23(21)25-20)19-4-3-13-28-19/h3-10,13-15H,11-12H2,1-2H3,(H,24,25,26)/b10-7+. The first-order valence-electron chi connectivity index (χ1n) is 9.56. The predicted octanol–water partition coefficient (Wildman–Crippen LogP) is 6.31. The molecule has 3 aromatic heterocycles. The van der Waals surface area contributed by atoms with Crippen LogP contribution in [0.1, 0.15) is 31.7 Å². The molecule has 0 bridgehead atoms. The number of ether oxygens (including phenoxy) is 1. The second-order valence-corrected chi connectivity index (χ2v) is 9.00. The third-order valence-electron chi connectivity index (χ3n) is 4.53. The number of fused-ring (bicyclic) bond motifs is 1. The number of hydrogen-bond acceptors (Lipinski definition) is 5. The van der Waals surface area contributed by atoms with Gasteiger partial charge in [0.25, 0.3) is 5.56 Å². The zero-order valence-electron chi connectivity index (χ0n) is 16.3. The van der Waals surface area contributed by atoms with Crippen LogP contribution in [0.15, 0.2) is 52.0 Å². The quantitative estimate of drug-likeness (QED) is 0.380. The van der Waals surface area contributed by atoms with Crippen LogP contribution in [0.5, 0.6) is 5.75 Å². The zero-order chi connectivity index (χ0) is 20.2. The SMILES string of the molecule is CC(C)CCOc1ccc(/C=C/c2nc3scc(-c4cccs4)c3c(=O)[nH]2)cc1. The number of aromatic amines is 1. The number of rotatable bonds is 7. The van der Waals surface area contributed by atoms with Gasteiger partial charge in [0.1, 0.15) is 16.4 Å². The van der Waals surface area contributed by atoms with E-state index in [-0.39, 0.29) is 5.56 Å². The monoisotopic (exact) mass is 422 g/mol. The number of nitrogens with one attached hydrogen (secondary N) is 1. The van der Waals surface area contributed by atoms with Crippen LogP contribution in [0.2, 0.25) is 0 Å². The fourth-order valence-electron chi connectivity index (χ4n) is 2.92. The fraction of sp³-hybridized carbons (Fsp3) is 0.217. The Balaban J connectivity index is 1.51. The van der Waals surface area contributed by atoms with Crippen molar-refractivity contribution in [3.05, 3.63) is 68.9 Å². The maximum Gasteiger partial charge on any atom is 0.260 e. The van der Waals surface area contributed by atoms with E-state index in [1.165, 1.54) is 11.3 Å². The molecule has 0 radical (unpaired) electrons. The van der Waals surface area contributed by atoms with Crippen LogP contribution in [0, 0.1) is 5.92 Å². The molecule has 6 heteroatoms. The number of benzene rings is 1. The van der Waals surface area contributed by atoms with E-state index in [2.05, 4.69) is 23.8 Å². The summed E-state index contributed by atoms with van der Waals surface area (Å²) < 4.78 is 5.75. The molecular formula is C23H22N2O2S2. The van der Waals surface area contributed by atoms with Gasteiger partial charge in [-0.05, 0) is 47.6 Å². The molecule has 4 rings (SSSR count). The largest absolute Gasteiger partial charge is 0.494 e. The molecule has 3 heterocycles. The molecule has 0 fully saturated rings. The maximum atomic E-state index is 12.6. The summed E-state index contributed by atoms with van der Waals surface area (Å²) in [6, 6.07) is 11.9. The lowest BCUT2D eigenvalue weighted by Crippen LogP contribution is -2.08. The van der Waals surface area contributed by atoms with Gasteiger partial charge >= 0.3 is 0 Å². The molecule has 0 spiro atoms. The molecule has 0 atom stereocenters. The number of thiophene rings is 2. The molecule has 0 aliphatic carbocycles. The van der Waals surface area contributed by atoms with Gasteiger partial charge in [-0.15, -0.1) is 22.7 Å². The highest BCUT2D eigenvalue weighted by molar-refractivity contribution is 7.18. The lowest BCUT2D eigenvalue weighted by atomic mass is 10.1. The van der Waals surface area contributed by atoms with Gasteiger partial charge in [-0.2, -0.15) is 0 Å². The van der Waals surface area contributed by atoms with Crippen molar-refractivity contribution in [2.24, 2.45) is 5.92 Å². The van der Waals surface area contributed by atoms with Crippen molar-refractivity contribution in [2.75, 3.05) is 6.61 Å². The van der Waals surface area contributed by atoms with Crippen molar-refractivity contribution >= 4 is 45.0 Å². The van der Waals surface area contributed by atoms with Gasteiger partial charge in [0.15, 0.2) is 0 Å². The number of H-pyrrole nitrogens is 1. The second-order valence-electron chi connectivity index (χ2n) is 7.19. The van der Waals surface area contributed by atoms with Crippen molar-refractivity contribution in [1.29, 1.82) is 0 Å². The molecule has 0 unspecified atom stereocenters. The van der Waals surface area contributed by atoms with Crippen LogP contribution in [-0.2, 0) is 0 Å². The van der Waals surface area contributed by atoms with E-state index in [0.717, 1.165) is 39.6 Å². The summed E-state index contributed by atoms with van der Waals surface area (Å²) in [4.78, 5) is 22.0. The van der Waals surface area contributed by atoms with Crippen molar-refractivity contribution in [3.8, 4) is 16.2 Å². The summed E-state index contributed by atoms with van der Waals surface area (Å²) in [6.45, 7) is 5.10. The summed E-state index contributed by atoms with van der Waals surface area (Å²) in [5, 5.41) is 4.68. The molecule has 29 heavy (non-hydrogen) atoms. The van der Waals surface area contributed by atoms with Gasteiger partial charge in [0, 0.05) is 15.8 Å². The van der Waals surface area contributed by atoms with Crippen LogP contribution in [0.25, 0.3) is 32.8 Å². The fourth-order valence-corrected chi connectivity index (χ4v) is 4.69. The smallest absolute Gasteiger partial charge is 0.260 e. The second kappa shape index (κ2) is 8.76. The molecule has 1 aromatic carbocycles. The minimum Gasteiger partial charge on any atom is -0.494 e. The summed E-state index contributed by atoms with van der Waals surface area (Å²) in [7, 11) is 0. The van der Waals surface area contributed by atoms with Crippen molar-refractivity contribution in [1.82, 2.24) is 9.97 Å². The van der Waals surface area contributed by atoms with Crippen LogP contribution < -0.4 is 10.3 Å². The molecule has 0 aliphatic rings. The van der Waals surface area contributed by atoms with Gasteiger partial charge in [0.05, 0.1) is 12.0 Å². The average molecular weight is 423 g/mol. The number of nitrogens with zero attached hydrogens (tertiary/aromatic N) is 1. The van der Waals surface area contributed by atoms with Crippen LogP contribution in [0.4, 0.5) is 0 Å². The highest BCUT2D eigenvalue weighted by Crippen LogP contribution is 2.33. The first-order chi connectivity index (χ1) is 14.1. The average Bonchev–Trinajstić information content (AvgIpc) is 3.37. The molecule has 1 N–H and O–H groups in total. The summed E-state index contributed by atoms with van der Waals surface area (Å²) >= 11 is 3.12. The summed E-state index contributed by atoms with van der Waals surface area (Å²) in [5.74, 6) is 2.06. The normalized spacial score (nSPS) is 11.7. The Kier molecular flexibility index (Phi) is 5.92. The first kappa shape index (κ1) is 19.6. The predicted molar refractivity (Wildman–Crippen MR) is 124 cm³/mol.